The number of rotatable bonds is 7. The highest BCUT2D eigenvalue weighted by Crippen LogP contribution is 2.26. The van der Waals surface area contributed by atoms with Crippen LogP contribution in [-0.2, 0) is 4.79 Å². The largest absolute Gasteiger partial charge is 0.477 e. The molecule has 8 nitrogen and oxygen atoms in total. The molecule has 0 aliphatic heterocycles. The number of nitrogens with zero attached hydrogens (tertiary/aromatic N) is 2. The lowest BCUT2D eigenvalue weighted by Gasteiger charge is -2.05. The summed E-state index contributed by atoms with van der Waals surface area (Å²) in [5, 5.41) is 14.6. The van der Waals surface area contributed by atoms with Crippen LogP contribution in [0.2, 0.25) is 0 Å². The Labute approximate surface area is 158 Å². The third-order valence-corrected chi connectivity index (χ3v) is 3.57. The molecule has 0 radical (unpaired) electrons. The van der Waals surface area contributed by atoms with Gasteiger partial charge in [0, 0.05) is 6.07 Å². The normalized spacial score (nSPS) is 10.8. The summed E-state index contributed by atoms with van der Waals surface area (Å²) in [6, 6.07) is 15.0. The number of benzene rings is 2. The number of nitro benzene ring substituents is 1. The molecule has 142 valence electrons. The first kappa shape index (κ1) is 18.8. The van der Waals surface area contributed by atoms with Crippen LogP contribution in [0.5, 0.6) is 5.75 Å². The van der Waals surface area contributed by atoms with Crippen molar-refractivity contribution in [3.8, 4) is 17.1 Å². The Bertz CT molecular complexity index is 1030. The minimum absolute atomic E-state index is 0.0211. The smallest absolute Gasteiger partial charge is 0.310 e. The number of hydrogen-bond acceptors (Lipinski definition) is 6. The molecule has 1 heterocycles. The molecule has 3 rings (SSSR count). The van der Waals surface area contributed by atoms with Gasteiger partial charge in [0.2, 0.25) is 0 Å². The lowest BCUT2D eigenvalue weighted by molar-refractivity contribution is -0.385. The number of hydrogen-bond donors (Lipinski definition) is 1. The number of ether oxygens (including phenoxy) is 1. The Kier molecular flexibility index (Phi) is 5.75. The van der Waals surface area contributed by atoms with Gasteiger partial charge in [-0.05, 0) is 30.3 Å². The number of furan rings is 1. The zero-order valence-electron chi connectivity index (χ0n) is 14.4. The molecule has 1 N–H and O–H groups in total. The van der Waals surface area contributed by atoms with E-state index in [1.807, 2.05) is 0 Å². The maximum Gasteiger partial charge on any atom is 0.310 e. The second kappa shape index (κ2) is 8.58. The molecular weight excluding hydrogens is 369 g/mol. The molecule has 28 heavy (non-hydrogen) atoms. The van der Waals surface area contributed by atoms with Crippen LogP contribution in [0.3, 0.4) is 0 Å². The van der Waals surface area contributed by atoms with E-state index >= 15 is 0 Å². The summed E-state index contributed by atoms with van der Waals surface area (Å²) >= 11 is 0. The summed E-state index contributed by atoms with van der Waals surface area (Å²) in [7, 11) is 0. The van der Waals surface area contributed by atoms with Crippen molar-refractivity contribution in [3.63, 3.8) is 0 Å². The highest BCUT2D eigenvalue weighted by molar-refractivity contribution is 5.81. The van der Waals surface area contributed by atoms with E-state index in [0.29, 0.717) is 17.1 Å². The molecule has 0 unspecified atom stereocenters. The van der Waals surface area contributed by atoms with Crippen molar-refractivity contribution in [2.75, 3.05) is 6.61 Å². The summed E-state index contributed by atoms with van der Waals surface area (Å²) in [5.41, 5.74) is 2.28. The van der Waals surface area contributed by atoms with Gasteiger partial charge in [-0.25, -0.2) is 9.82 Å². The van der Waals surface area contributed by atoms with Gasteiger partial charge >= 0.3 is 5.69 Å². The predicted octanol–water partition coefficient (Wildman–Crippen LogP) is 3.52. The van der Waals surface area contributed by atoms with Gasteiger partial charge in [0.15, 0.2) is 12.4 Å². The number of halogens is 1. The molecule has 0 aliphatic rings. The number of amides is 1. The first-order valence-corrected chi connectivity index (χ1v) is 8.07. The highest BCUT2D eigenvalue weighted by Gasteiger charge is 2.14. The highest BCUT2D eigenvalue weighted by atomic mass is 19.1. The number of nitrogens with one attached hydrogen (secondary N) is 1. The fraction of sp³-hybridized carbons (Fsp3) is 0.0526. The van der Waals surface area contributed by atoms with Crippen molar-refractivity contribution in [2.24, 2.45) is 5.10 Å². The van der Waals surface area contributed by atoms with E-state index in [0.717, 1.165) is 0 Å². The van der Waals surface area contributed by atoms with Crippen molar-refractivity contribution in [3.05, 3.63) is 82.4 Å². The van der Waals surface area contributed by atoms with Crippen LogP contribution in [0.15, 0.2) is 70.2 Å². The average molecular weight is 383 g/mol. The zero-order valence-corrected chi connectivity index (χ0v) is 14.4. The molecule has 9 heteroatoms. The molecule has 3 aromatic rings. The van der Waals surface area contributed by atoms with Gasteiger partial charge in [-0.15, -0.1) is 0 Å². The van der Waals surface area contributed by atoms with Gasteiger partial charge in [-0.3, -0.25) is 14.9 Å². The molecule has 1 aromatic heterocycles. The molecule has 1 amide bonds. The van der Waals surface area contributed by atoms with Gasteiger partial charge < -0.3 is 9.15 Å². The van der Waals surface area contributed by atoms with E-state index in [2.05, 4.69) is 10.5 Å². The summed E-state index contributed by atoms with van der Waals surface area (Å²) in [4.78, 5) is 22.0. The maximum absolute atomic E-state index is 13.7. The van der Waals surface area contributed by atoms with Crippen molar-refractivity contribution in [2.45, 2.75) is 0 Å². The number of hydrazone groups is 1. The Hall–Kier alpha value is -4.01. The van der Waals surface area contributed by atoms with Crippen LogP contribution in [0, 0.1) is 15.9 Å². The van der Waals surface area contributed by atoms with Gasteiger partial charge in [0.25, 0.3) is 5.91 Å². The Balaban J connectivity index is 1.55. The molecule has 0 fully saturated rings. The Morgan fingerprint density at radius 3 is 2.71 bits per heavy atom. The van der Waals surface area contributed by atoms with Gasteiger partial charge in [0.05, 0.1) is 16.7 Å². The van der Waals surface area contributed by atoms with E-state index in [1.165, 1.54) is 30.5 Å². The average Bonchev–Trinajstić information content (AvgIpc) is 3.15. The van der Waals surface area contributed by atoms with E-state index in [9.17, 15) is 19.3 Å². The zero-order chi connectivity index (χ0) is 19.9. The number of nitro groups is 1. The Morgan fingerprint density at radius 2 is 1.93 bits per heavy atom. The van der Waals surface area contributed by atoms with Gasteiger partial charge in [-0.2, -0.15) is 5.10 Å². The van der Waals surface area contributed by atoms with Crippen molar-refractivity contribution in [1.29, 1.82) is 0 Å². The van der Waals surface area contributed by atoms with E-state index < -0.39 is 23.3 Å². The molecule has 0 atom stereocenters. The first-order valence-electron chi connectivity index (χ1n) is 8.07. The molecule has 0 bridgehead atoms. The van der Waals surface area contributed by atoms with E-state index in [1.54, 1.807) is 36.4 Å². The topological polar surface area (TPSA) is 107 Å². The first-order chi connectivity index (χ1) is 13.5. The lowest BCUT2D eigenvalue weighted by atomic mass is 10.1. The molecule has 0 aliphatic carbocycles. The molecular formula is C19H14FN3O5. The van der Waals surface area contributed by atoms with Crippen LogP contribution < -0.4 is 10.2 Å². The molecule has 0 saturated carbocycles. The predicted molar refractivity (Wildman–Crippen MR) is 98.4 cm³/mol. The fourth-order valence-electron chi connectivity index (χ4n) is 2.30. The second-order valence-electron chi connectivity index (χ2n) is 5.49. The van der Waals surface area contributed by atoms with Crippen LogP contribution in [0.1, 0.15) is 5.76 Å². The summed E-state index contributed by atoms with van der Waals surface area (Å²) in [6.07, 6.45) is 1.24. The van der Waals surface area contributed by atoms with Gasteiger partial charge in [-0.1, -0.05) is 24.3 Å². The van der Waals surface area contributed by atoms with Crippen LogP contribution in [0.25, 0.3) is 11.3 Å². The number of carbonyl (C=O) groups is 1. The summed E-state index contributed by atoms with van der Waals surface area (Å²) < 4.78 is 24.3. The second-order valence-corrected chi connectivity index (χ2v) is 5.49. The van der Waals surface area contributed by atoms with Crippen LogP contribution in [0.4, 0.5) is 10.1 Å². The molecule has 0 saturated heterocycles. The van der Waals surface area contributed by atoms with E-state index in [-0.39, 0.29) is 11.4 Å². The number of carbonyl (C=O) groups excluding carboxylic acids is 1. The third-order valence-electron chi connectivity index (χ3n) is 3.57. The minimum atomic E-state index is -0.615. The number of para-hydroxylation sites is 2. The Morgan fingerprint density at radius 1 is 1.18 bits per heavy atom. The third kappa shape index (κ3) is 4.58. The standard InChI is InChI=1S/C19H14FN3O5/c20-15-6-2-1-5-14(15)17-10-9-13(28-17)11-21-22-19(24)12-27-18-8-4-3-7-16(18)23(25)26/h1-11H,12H2,(H,22,24)/b21-11+. The van der Waals surface area contributed by atoms with Crippen molar-refractivity contribution in [1.82, 2.24) is 5.43 Å². The molecule has 2 aromatic carbocycles. The quantitative estimate of drug-likeness (QED) is 0.382. The van der Waals surface area contributed by atoms with Crippen molar-refractivity contribution >= 4 is 17.8 Å². The molecule has 0 spiro atoms. The summed E-state index contributed by atoms with van der Waals surface area (Å²) in [5.74, 6) is -0.424. The monoisotopic (exact) mass is 383 g/mol. The fourth-order valence-corrected chi connectivity index (χ4v) is 2.30. The lowest BCUT2D eigenvalue weighted by Crippen LogP contribution is -2.24. The summed E-state index contributed by atoms with van der Waals surface area (Å²) in [6.45, 7) is -0.458. The van der Waals surface area contributed by atoms with Crippen LogP contribution in [-0.4, -0.2) is 23.7 Å². The van der Waals surface area contributed by atoms with E-state index in [4.69, 9.17) is 9.15 Å². The van der Waals surface area contributed by atoms with Crippen LogP contribution >= 0.6 is 0 Å². The maximum atomic E-state index is 13.7. The minimum Gasteiger partial charge on any atom is -0.477 e. The van der Waals surface area contributed by atoms with Crippen molar-refractivity contribution < 1.29 is 23.3 Å². The SMILES string of the molecule is O=C(COc1ccccc1[N+](=O)[O-])N/N=C/c1ccc(-c2ccccc2F)o1. The van der Waals surface area contributed by atoms with Gasteiger partial charge in [0.1, 0.15) is 17.3 Å².